The summed E-state index contributed by atoms with van der Waals surface area (Å²) >= 11 is 0. The summed E-state index contributed by atoms with van der Waals surface area (Å²) in [6.45, 7) is 7.78. The van der Waals surface area contributed by atoms with Gasteiger partial charge in [-0.3, -0.25) is 9.20 Å². The molecule has 0 saturated carbocycles. The second-order valence-corrected chi connectivity index (χ2v) is 6.21. The zero-order chi connectivity index (χ0) is 17.3. The van der Waals surface area contributed by atoms with E-state index < -0.39 is 0 Å². The predicted molar refractivity (Wildman–Crippen MR) is 94.6 cm³/mol. The Bertz CT molecular complexity index is 920. The average Bonchev–Trinajstić information content (AvgIpc) is 2.91. The smallest absolute Gasteiger partial charge is 0.183 e. The van der Waals surface area contributed by atoms with Crippen LogP contribution in [-0.2, 0) is 0 Å². The highest BCUT2D eigenvalue weighted by Gasteiger charge is 2.15. The summed E-state index contributed by atoms with van der Waals surface area (Å²) in [7, 11) is 0. The van der Waals surface area contributed by atoms with E-state index in [1.54, 1.807) is 31.2 Å². The van der Waals surface area contributed by atoms with Gasteiger partial charge in [0.25, 0.3) is 0 Å². The van der Waals surface area contributed by atoms with Gasteiger partial charge < -0.3 is 0 Å². The molecule has 0 N–H and O–H groups in total. The second kappa shape index (κ2) is 6.35. The highest BCUT2D eigenvalue weighted by molar-refractivity contribution is 5.94. The summed E-state index contributed by atoms with van der Waals surface area (Å²) in [6.07, 6.45) is 1.97. The minimum Gasteiger partial charge on any atom is -0.295 e. The van der Waals surface area contributed by atoms with Crippen molar-refractivity contribution in [3.8, 4) is 0 Å². The van der Waals surface area contributed by atoms with Gasteiger partial charge in [-0.05, 0) is 61.7 Å². The third kappa shape index (κ3) is 3.11. The van der Waals surface area contributed by atoms with Crippen LogP contribution in [-0.4, -0.2) is 15.2 Å². The van der Waals surface area contributed by atoms with Crippen molar-refractivity contribution in [2.45, 2.75) is 33.6 Å². The summed E-state index contributed by atoms with van der Waals surface area (Å²) in [6, 6.07) is 11.2. The summed E-state index contributed by atoms with van der Waals surface area (Å²) in [4.78, 5) is 16.0. The van der Waals surface area contributed by atoms with Crippen LogP contribution in [0.25, 0.3) is 5.65 Å². The number of fused-ring (bicyclic) bond motifs is 1. The number of benzene rings is 1. The van der Waals surface area contributed by atoms with E-state index in [1.807, 2.05) is 29.7 Å². The number of nitrogens with zero attached hydrogens (tertiary/aromatic N) is 4. The average molecular weight is 320 g/mol. The molecular formula is C19H20N4O. The number of Topliss-reactive ketones (excluding diaryl/α,β-unsaturated/α-hetero) is 1. The molecule has 0 unspecified atom stereocenters. The zero-order valence-corrected chi connectivity index (χ0v) is 14.3. The van der Waals surface area contributed by atoms with E-state index in [0.717, 1.165) is 22.7 Å². The number of carbonyl (C=O) groups excluding carboxylic acids is 1. The van der Waals surface area contributed by atoms with Crippen molar-refractivity contribution in [2.24, 2.45) is 10.2 Å². The molecular weight excluding hydrogens is 300 g/mol. The molecule has 0 fully saturated rings. The first-order valence-electron chi connectivity index (χ1n) is 7.97. The minimum atomic E-state index is 0.0396. The van der Waals surface area contributed by atoms with E-state index in [0.29, 0.717) is 11.3 Å². The molecule has 2 heterocycles. The highest BCUT2D eigenvalue weighted by Crippen LogP contribution is 2.29. The Morgan fingerprint density at radius 2 is 1.83 bits per heavy atom. The van der Waals surface area contributed by atoms with Crippen LogP contribution in [0.1, 0.15) is 48.3 Å². The Labute approximate surface area is 141 Å². The van der Waals surface area contributed by atoms with Crippen LogP contribution in [0.5, 0.6) is 0 Å². The molecule has 5 heteroatoms. The number of pyridine rings is 1. The van der Waals surface area contributed by atoms with E-state index in [1.165, 1.54) is 0 Å². The third-order valence-electron chi connectivity index (χ3n) is 3.86. The van der Waals surface area contributed by atoms with Crippen molar-refractivity contribution in [1.29, 1.82) is 0 Å². The van der Waals surface area contributed by atoms with Gasteiger partial charge in [0.15, 0.2) is 11.6 Å². The predicted octanol–water partition coefficient (Wildman–Crippen LogP) is 5.38. The molecule has 122 valence electrons. The summed E-state index contributed by atoms with van der Waals surface area (Å²) < 4.78 is 1.95. The molecule has 3 rings (SSSR count). The number of ketones is 1. The molecule has 1 aromatic carbocycles. The van der Waals surface area contributed by atoms with Gasteiger partial charge in [-0.25, -0.2) is 4.98 Å². The Balaban J connectivity index is 2.02. The molecule has 2 aromatic heterocycles. The van der Waals surface area contributed by atoms with Crippen LogP contribution >= 0.6 is 0 Å². The van der Waals surface area contributed by atoms with Crippen molar-refractivity contribution >= 4 is 22.9 Å². The number of rotatable bonds is 4. The third-order valence-corrected chi connectivity index (χ3v) is 3.86. The normalized spacial score (nSPS) is 11.7. The van der Waals surface area contributed by atoms with Crippen LogP contribution in [0.15, 0.2) is 52.8 Å². The summed E-state index contributed by atoms with van der Waals surface area (Å²) in [5.41, 5.74) is 4.33. The topological polar surface area (TPSA) is 59.1 Å². The number of aryl methyl sites for hydroxylation is 1. The van der Waals surface area contributed by atoms with Crippen molar-refractivity contribution in [2.75, 3.05) is 0 Å². The van der Waals surface area contributed by atoms with Crippen LogP contribution < -0.4 is 0 Å². The molecule has 0 amide bonds. The minimum absolute atomic E-state index is 0.0396. The molecule has 0 aliphatic carbocycles. The van der Waals surface area contributed by atoms with E-state index in [9.17, 15) is 4.79 Å². The van der Waals surface area contributed by atoms with E-state index >= 15 is 0 Å². The SMILES string of the molecule is CC(=O)c1ccc(N=Nc2c(C(C)C)nc3cc(C)ccn23)cc1. The van der Waals surface area contributed by atoms with Crippen molar-refractivity contribution < 1.29 is 4.79 Å². The van der Waals surface area contributed by atoms with Crippen LogP contribution in [0, 0.1) is 6.92 Å². The van der Waals surface area contributed by atoms with Gasteiger partial charge in [-0.1, -0.05) is 13.8 Å². The highest BCUT2D eigenvalue weighted by atomic mass is 16.1. The van der Waals surface area contributed by atoms with Gasteiger partial charge in [0, 0.05) is 11.8 Å². The largest absolute Gasteiger partial charge is 0.295 e. The molecule has 24 heavy (non-hydrogen) atoms. The molecule has 0 radical (unpaired) electrons. The van der Waals surface area contributed by atoms with Crippen molar-refractivity contribution in [1.82, 2.24) is 9.38 Å². The van der Waals surface area contributed by atoms with Gasteiger partial charge in [-0.15, -0.1) is 10.2 Å². The van der Waals surface area contributed by atoms with Gasteiger partial charge in [0.1, 0.15) is 5.65 Å². The monoisotopic (exact) mass is 320 g/mol. The fourth-order valence-electron chi connectivity index (χ4n) is 2.51. The maximum atomic E-state index is 11.3. The van der Waals surface area contributed by atoms with Gasteiger partial charge >= 0.3 is 0 Å². The second-order valence-electron chi connectivity index (χ2n) is 6.21. The molecule has 0 aliphatic heterocycles. The number of carbonyl (C=O) groups is 1. The fraction of sp³-hybridized carbons (Fsp3) is 0.263. The number of imidazole rings is 1. The van der Waals surface area contributed by atoms with Crippen LogP contribution in [0.3, 0.4) is 0 Å². The van der Waals surface area contributed by atoms with Crippen LogP contribution in [0.4, 0.5) is 11.5 Å². The van der Waals surface area contributed by atoms with Crippen molar-refractivity contribution in [3.05, 3.63) is 59.4 Å². The maximum Gasteiger partial charge on any atom is 0.183 e. The number of hydrogen-bond donors (Lipinski definition) is 0. The van der Waals surface area contributed by atoms with Gasteiger partial charge in [-0.2, -0.15) is 0 Å². The first-order chi connectivity index (χ1) is 11.5. The number of aromatic nitrogens is 2. The first kappa shape index (κ1) is 16.1. The summed E-state index contributed by atoms with van der Waals surface area (Å²) in [5, 5.41) is 8.75. The molecule has 0 aliphatic rings. The lowest BCUT2D eigenvalue weighted by atomic mass is 10.1. The van der Waals surface area contributed by atoms with Gasteiger partial charge in [0.05, 0.1) is 11.4 Å². The Hall–Kier alpha value is -2.82. The first-order valence-corrected chi connectivity index (χ1v) is 7.97. The quantitative estimate of drug-likeness (QED) is 0.478. The standard InChI is InChI=1S/C19H20N4O/c1-12(2)18-19(23-10-9-13(3)11-17(23)20-18)22-21-16-7-5-15(6-8-16)14(4)24/h5-12H,1-4H3. The molecule has 0 atom stereocenters. The lowest BCUT2D eigenvalue weighted by molar-refractivity contribution is 0.101. The van der Waals surface area contributed by atoms with Crippen molar-refractivity contribution in [3.63, 3.8) is 0 Å². The van der Waals surface area contributed by atoms with E-state index in [-0.39, 0.29) is 11.7 Å². The number of azo groups is 1. The Kier molecular flexibility index (Phi) is 4.25. The molecule has 5 nitrogen and oxygen atoms in total. The lowest BCUT2D eigenvalue weighted by Gasteiger charge is -2.02. The van der Waals surface area contributed by atoms with E-state index in [2.05, 4.69) is 29.1 Å². The molecule has 3 aromatic rings. The van der Waals surface area contributed by atoms with Gasteiger partial charge in [0.2, 0.25) is 0 Å². The Morgan fingerprint density at radius 1 is 1.12 bits per heavy atom. The molecule has 0 bridgehead atoms. The zero-order valence-electron chi connectivity index (χ0n) is 14.3. The van der Waals surface area contributed by atoms with Crippen LogP contribution in [0.2, 0.25) is 0 Å². The Morgan fingerprint density at radius 3 is 2.46 bits per heavy atom. The number of hydrogen-bond acceptors (Lipinski definition) is 4. The maximum absolute atomic E-state index is 11.3. The summed E-state index contributed by atoms with van der Waals surface area (Å²) in [5.74, 6) is 1.03. The lowest BCUT2D eigenvalue weighted by Crippen LogP contribution is -1.89. The molecule has 0 saturated heterocycles. The molecule has 0 spiro atoms. The fourth-order valence-corrected chi connectivity index (χ4v) is 2.51. The van der Waals surface area contributed by atoms with E-state index in [4.69, 9.17) is 0 Å².